The van der Waals surface area contributed by atoms with Crippen LogP contribution >= 0.6 is 0 Å². The SMILES string of the molecule is Cc1ccc(S(=O)(=O)N(CC(=O)N(C)c2ccccc2)c2ccccc2)cc1. The van der Waals surface area contributed by atoms with Crippen LogP contribution in [-0.4, -0.2) is 27.9 Å². The summed E-state index contributed by atoms with van der Waals surface area (Å²) >= 11 is 0. The zero-order valence-corrected chi connectivity index (χ0v) is 16.6. The number of nitrogens with zero attached hydrogens (tertiary/aromatic N) is 2. The van der Waals surface area contributed by atoms with Crippen LogP contribution in [0.4, 0.5) is 11.4 Å². The van der Waals surface area contributed by atoms with Gasteiger partial charge in [-0.2, -0.15) is 0 Å². The van der Waals surface area contributed by atoms with E-state index >= 15 is 0 Å². The Balaban J connectivity index is 1.96. The van der Waals surface area contributed by atoms with Crippen molar-refractivity contribution in [1.82, 2.24) is 0 Å². The van der Waals surface area contributed by atoms with E-state index in [4.69, 9.17) is 0 Å². The Labute approximate surface area is 165 Å². The van der Waals surface area contributed by atoms with Crippen molar-refractivity contribution in [2.24, 2.45) is 0 Å². The fourth-order valence-corrected chi connectivity index (χ4v) is 4.19. The number of amides is 1. The maximum Gasteiger partial charge on any atom is 0.264 e. The van der Waals surface area contributed by atoms with Gasteiger partial charge in [0.15, 0.2) is 0 Å². The highest BCUT2D eigenvalue weighted by atomic mass is 32.2. The lowest BCUT2D eigenvalue weighted by atomic mass is 10.2. The first-order valence-electron chi connectivity index (χ1n) is 8.85. The molecule has 28 heavy (non-hydrogen) atoms. The Bertz CT molecular complexity index is 1030. The first kappa shape index (κ1) is 19.6. The third kappa shape index (κ3) is 4.23. The third-order valence-electron chi connectivity index (χ3n) is 4.45. The topological polar surface area (TPSA) is 57.7 Å². The molecule has 1 amide bonds. The molecular weight excluding hydrogens is 372 g/mol. The normalized spacial score (nSPS) is 11.1. The van der Waals surface area contributed by atoms with Crippen molar-refractivity contribution in [1.29, 1.82) is 0 Å². The fraction of sp³-hybridized carbons (Fsp3) is 0.136. The van der Waals surface area contributed by atoms with Crippen LogP contribution < -0.4 is 9.21 Å². The second-order valence-corrected chi connectivity index (χ2v) is 8.31. The molecule has 0 spiro atoms. The first-order chi connectivity index (χ1) is 13.4. The molecule has 3 aromatic rings. The van der Waals surface area contributed by atoms with Crippen molar-refractivity contribution < 1.29 is 13.2 Å². The highest BCUT2D eigenvalue weighted by Crippen LogP contribution is 2.24. The largest absolute Gasteiger partial charge is 0.314 e. The van der Waals surface area contributed by atoms with Crippen LogP contribution in [0.2, 0.25) is 0 Å². The molecule has 0 aliphatic carbocycles. The van der Waals surface area contributed by atoms with Gasteiger partial charge in [0.05, 0.1) is 10.6 Å². The van der Waals surface area contributed by atoms with Crippen LogP contribution in [0, 0.1) is 6.92 Å². The molecule has 0 saturated heterocycles. The van der Waals surface area contributed by atoms with Crippen molar-refractivity contribution in [3.63, 3.8) is 0 Å². The minimum Gasteiger partial charge on any atom is -0.314 e. The molecule has 0 fully saturated rings. The molecule has 144 valence electrons. The van der Waals surface area contributed by atoms with Crippen LogP contribution in [0.5, 0.6) is 0 Å². The Hall–Kier alpha value is -3.12. The summed E-state index contributed by atoms with van der Waals surface area (Å²) in [6.07, 6.45) is 0. The van der Waals surface area contributed by atoms with E-state index in [0.29, 0.717) is 11.4 Å². The smallest absolute Gasteiger partial charge is 0.264 e. The summed E-state index contributed by atoms with van der Waals surface area (Å²) in [6, 6.07) is 24.4. The number of likely N-dealkylation sites (N-methyl/N-ethyl adjacent to an activating group) is 1. The molecule has 0 aliphatic heterocycles. The van der Waals surface area contributed by atoms with E-state index in [2.05, 4.69) is 0 Å². The number of hydrogen-bond donors (Lipinski definition) is 0. The summed E-state index contributed by atoms with van der Waals surface area (Å²) in [5.41, 5.74) is 2.11. The van der Waals surface area contributed by atoms with Gasteiger partial charge in [-0.15, -0.1) is 0 Å². The molecule has 6 heteroatoms. The predicted molar refractivity (Wildman–Crippen MR) is 112 cm³/mol. The summed E-state index contributed by atoms with van der Waals surface area (Å²) in [5.74, 6) is -0.328. The molecule has 0 atom stereocenters. The summed E-state index contributed by atoms with van der Waals surface area (Å²) in [6.45, 7) is 1.59. The Morgan fingerprint density at radius 2 is 1.29 bits per heavy atom. The molecule has 0 bridgehead atoms. The average Bonchev–Trinajstić information content (AvgIpc) is 2.72. The number of carbonyl (C=O) groups excluding carboxylic acids is 1. The van der Waals surface area contributed by atoms with E-state index < -0.39 is 10.0 Å². The maximum atomic E-state index is 13.3. The van der Waals surface area contributed by atoms with Crippen molar-refractivity contribution >= 4 is 27.3 Å². The van der Waals surface area contributed by atoms with E-state index in [9.17, 15) is 13.2 Å². The quantitative estimate of drug-likeness (QED) is 0.638. The van der Waals surface area contributed by atoms with Crippen molar-refractivity contribution in [2.45, 2.75) is 11.8 Å². The van der Waals surface area contributed by atoms with Crippen LogP contribution in [0.1, 0.15) is 5.56 Å². The van der Waals surface area contributed by atoms with Gasteiger partial charge in [-0.1, -0.05) is 54.1 Å². The number of hydrogen-bond acceptors (Lipinski definition) is 3. The van der Waals surface area contributed by atoms with Crippen LogP contribution in [0.25, 0.3) is 0 Å². The second kappa shape index (κ2) is 8.27. The first-order valence-corrected chi connectivity index (χ1v) is 10.3. The standard InChI is InChI=1S/C22H22N2O3S/c1-18-13-15-21(16-14-18)28(26,27)24(20-11-7-4-8-12-20)17-22(25)23(2)19-9-5-3-6-10-19/h3-16H,17H2,1-2H3. The van der Waals surface area contributed by atoms with Gasteiger partial charge in [0.2, 0.25) is 5.91 Å². The number of aryl methyl sites for hydroxylation is 1. The molecule has 0 aliphatic rings. The number of para-hydroxylation sites is 2. The van der Waals surface area contributed by atoms with Crippen molar-refractivity contribution in [3.05, 3.63) is 90.5 Å². The summed E-state index contributed by atoms with van der Waals surface area (Å²) in [5, 5.41) is 0. The summed E-state index contributed by atoms with van der Waals surface area (Å²) in [7, 11) is -2.26. The highest BCUT2D eigenvalue weighted by molar-refractivity contribution is 7.92. The molecular formula is C22H22N2O3S. The number of sulfonamides is 1. The number of rotatable bonds is 6. The fourth-order valence-electron chi connectivity index (χ4n) is 2.77. The number of benzene rings is 3. The van der Waals surface area contributed by atoms with E-state index in [-0.39, 0.29) is 17.3 Å². The van der Waals surface area contributed by atoms with Gasteiger partial charge < -0.3 is 4.90 Å². The van der Waals surface area contributed by atoms with E-state index in [1.807, 2.05) is 25.1 Å². The molecule has 0 unspecified atom stereocenters. The van der Waals surface area contributed by atoms with Gasteiger partial charge in [0.1, 0.15) is 6.54 Å². The van der Waals surface area contributed by atoms with Gasteiger partial charge in [-0.25, -0.2) is 8.42 Å². The predicted octanol–water partition coefficient (Wildman–Crippen LogP) is 3.85. The lowest BCUT2D eigenvalue weighted by molar-refractivity contribution is -0.116. The zero-order valence-electron chi connectivity index (χ0n) is 15.8. The van der Waals surface area contributed by atoms with Crippen LogP contribution in [-0.2, 0) is 14.8 Å². The van der Waals surface area contributed by atoms with Gasteiger partial charge in [-0.3, -0.25) is 9.10 Å². The van der Waals surface area contributed by atoms with E-state index in [1.165, 1.54) is 4.90 Å². The Morgan fingerprint density at radius 3 is 1.82 bits per heavy atom. The highest BCUT2D eigenvalue weighted by Gasteiger charge is 2.28. The number of carbonyl (C=O) groups is 1. The van der Waals surface area contributed by atoms with Gasteiger partial charge >= 0.3 is 0 Å². The Morgan fingerprint density at radius 1 is 0.786 bits per heavy atom. The molecule has 3 rings (SSSR count). The minimum absolute atomic E-state index is 0.150. The molecule has 0 radical (unpaired) electrons. The second-order valence-electron chi connectivity index (χ2n) is 6.45. The van der Waals surface area contributed by atoms with Gasteiger partial charge in [0.25, 0.3) is 10.0 Å². The van der Waals surface area contributed by atoms with Gasteiger partial charge in [0, 0.05) is 12.7 Å². The zero-order chi connectivity index (χ0) is 20.1. The molecule has 3 aromatic carbocycles. The lowest BCUT2D eigenvalue weighted by Gasteiger charge is -2.26. The molecule has 0 heterocycles. The number of anilines is 2. The minimum atomic E-state index is -3.90. The lowest BCUT2D eigenvalue weighted by Crippen LogP contribution is -2.41. The molecule has 5 nitrogen and oxygen atoms in total. The van der Waals surface area contributed by atoms with Gasteiger partial charge in [-0.05, 0) is 43.3 Å². The van der Waals surface area contributed by atoms with Crippen LogP contribution in [0.3, 0.4) is 0 Å². The monoisotopic (exact) mass is 394 g/mol. The van der Waals surface area contributed by atoms with Crippen LogP contribution in [0.15, 0.2) is 89.8 Å². The molecule has 0 aromatic heterocycles. The summed E-state index contributed by atoms with van der Waals surface area (Å²) < 4.78 is 27.7. The van der Waals surface area contributed by atoms with Crippen molar-refractivity contribution in [3.8, 4) is 0 Å². The Kier molecular flexibility index (Phi) is 5.80. The summed E-state index contributed by atoms with van der Waals surface area (Å²) in [4.78, 5) is 14.5. The average molecular weight is 394 g/mol. The van der Waals surface area contributed by atoms with E-state index in [0.717, 1.165) is 9.87 Å². The third-order valence-corrected chi connectivity index (χ3v) is 6.24. The molecule has 0 N–H and O–H groups in total. The maximum absolute atomic E-state index is 13.3. The van der Waals surface area contributed by atoms with E-state index in [1.54, 1.807) is 73.8 Å². The molecule has 0 saturated carbocycles. The van der Waals surface area contributed by atoms with Crippen molar-refractivity contribution in [2.75, 3.05) is 22.8 Å².